The highest BCUT2D eigenvalue weighted by molar-refractivity contribution is 9.10. The van der Waals surface area contributed by atoms with E-state index in [-0.39, 0.29) is 10.8 Å². The van der Waals surface area contributed by atoms with Gasteiger partial charge >= 0.3 is 0 Å². The summed E-state index contributed by atoms with van der Waals surface area (Å²) in [6, 6.07) is 18.8. The van der Waals surface area contributed by atoms with Crippen molar-refractivity contribution < 1.29 is 13.2 Å². The lowest BCUT2D eigenvalue weighted by Gasteiger charge is -2.20. The van der Waals surface area contributed by atoms with Crippen molar-refractivity contribution in [1.29, 1.82) is 0 Å². The number of aryl methyl sites for hydroxylation is 2. The van der Waals surface area contributed by atoms with Gasteiger partial charge in [-0.3, -0.25) is 9.10 Å². The van der Waals surface area contributed by atoms with Crippen LogP contribution >= 0.6 is 15.9 Å². The van der Waals surface area contributed by atoms with Gasteiger partial charge in [-0.15, -0.1) is 0 Å². The van der Waals surface area contributed by atoms with Crippen molar-refractivity contribution in [2.75, 3.05) is 16.7 Å². The van der Waals surface area contributed by atoms with Crippen molar-refractivity contribution in [2.24, 2.45) is 0 Å². The maximum absolute atomic E-state index is 12.8. The van der Waals surface area contributed by atoms with Gasteiger partial charge in [0.15, 0.2) is 0 Å². The Labute approximate surface area is 179 Å². The number of sulfonamides is 1. The van der Waals surface area contributed by atoms with Crippen molar-refractivity contribution in [2.45, 2.75) is 18.7 Å². The summed E-state index contributed by atoms with van der Waals surface area (Å²) in [5.74, 6) is -0.273. The average molecular weight is 473 g/mol. The molecule has 7 heteroatoms. The van der Waals surface area contributed by atoms with Crippen LogP contribution in [0.1, 0.15) is 21.5 Å². The van der Waals surface area contributed by atoms with Gasteiger partial charge in [-0.2, -0.15) is 0 Å². The second-order valence-electron chi connectivity index (χ2n) is 6.77. The van der Waals surface area contributed by atoms with Crippen molar-refractivity contribution in [3.05, 3.63) is 87.9 Å². The number of amides is 1. The van der Waals surface area contributed by atoms with Crippen LogP contribution in [0.15, 0.2) is 76.1 Å². The lowest BCUT2D eigenvalue weighted by Crippen LogP contribution is -2.26. The fraction of sp³-hybridized carbons (Fsp3) is 0.136. The van der Waals surface area contributed by atoms with Crippen LogP contribution in [0.4, 0.5) is 11.4 Å². The number of anilines is 2. The van der Waals surface area contributed by atoms with E-state index in [1.54, 1.807) is 48.5 Å². The zero-order valence-electron chi connectivity index (χ0n) is 16.3. The molecule has 3 rings (SSSR count). The zero-order chi connectivity index (χ0) is 21.2. The second kappa shape index (κ2) is 8.39. The third-order valence-corrected chi connectivity index (χ3v) is 7.00. The first-order valence-corrected chi connectivity index (χ1v) is 11.1. The predicted octanol–water partition coefficient (Wildman–Crippen LogP) is 5.14. The van der Waals surface area contributed by atoms with E-state index < -0.39 is 10.0 Å². The maximum Gasteiger partial charge on any atom is 0.264 e. The number of hydrogen-bond donors (Lipinski definition) is 1. The minimum absolute atomic E-state index is 0.219. The molecule has 0 unspecified atom stereocenters. The van der Waals surface area contributed by atoms with E-state index in [1.165, 1.54) is 11.4 Å². The van der Waals surface area contributed by atoms with E-state index in [1.807, 2.05) is 32.0 Å². The number of halogens is 1. The van der Waals surface area contributed by atoms with Gasteiger partial charge in [0.05, 0.1) is 16.3 Å². The predicted molar refractivity (Wildman–Crippen MR) is 120 cm³/mol. The van der Waals surface area contributed by atoms with Crippen LogP contribution in [0.25, 0.3) is 0 Å². The van der Waals surface area contributed by atoms with Crippen molar-refractivity contribution in [3.63, 3.8) is 0 Å². The second-order valence-corrected chi connectivity index (χ2v) is 9.59. The standard InChI is InChI=1S/C22H21BrN2O3S/c1-15-4-11-19(12-5-15)29(27,28)25(3)18-9-7-17(8-10-18)22(26)24-21-13-6-16(2)14-20(21)23/h4-14H,1-3H3,(H,24,26). The van der Waals surface area contributed by atoms with Crippen molar-refractivity contribution in [1.82, 2.24) is 0 Å². The topological polar surface area (TPSA) is 66.5 Å². The largest absolute Gasteiger partial charge is 0.321 e. The number of nitrogens with zero attached hydrogens (tertiary/aromatic N) is 1. The van der Waals surface area contributed by atoms with Crippen molar-refractivity contribution in [3.8, 4) is 0 Å². The Balaban J connectivity index is 1.78. The Kier molecular flexibility index (Phi) is 6.10. The molecule has 3 aromatic carbocycles. The molecule has 0 radical (unpaired) electrons. The van der Waals surface area contributed by atoms with Gasteiger partial charge in [-0.25, -0.2) is 8.42 Å². The molecule has 5 nitrogen and oxygen atoms in total. The molecule has 0 saturated heterocycles. The molecule has 0 heterocycles. The SMILES string of the molecule is Cc1ccc(S(=O)(=O)N(C)c2ccc(C(=O)Nc3ccc(C)cc3Br)cc2)cc1. The van der Waals surface area contributed by atoms with Crippen LogP contribution in [-0.4, -0.2) is 21.4 Å². The fourth-order valence-corrected chi connectivity index (χ4v) is 4.53. The normalized spacial score (nSPS) is 11.2. The van der Waals surface area contributed by atoms with E-state index in [0.717, 1.165) is 15.6 Å². The highest BCUT2D eigenvalue weighted by atomic mass is 79.9. The molecule has 1 amide bonds. The zero-order valence-corrected chi connectivity index (χ0v) is 18.7. The van der Waals surface area contributed by atoms with Gasteiger partial charge in [-0.1, -0.05) is 23.8 Å². The van der Waals surface area contributed by atoms with Gasteiger partial charge in [0.25, 0.3) is 15.9 Å². The summed E-state index contributed by atoms with van der Waals surface area (Å²) < 4.78 is 27.6. The lowest BCUT2D eigenvalue weighted by molar-refractivity contribution is 0.102. The monoisotopic (exact) mass is 472 g/mol. The van der Waals surface area contributed by atoms with Gasteiger partial charge in [-0.05, 0) is 83.9 Å². The number of nitrogens with one attached hydrogen (secondary N) is 1. The molecule has 0 aromatic heterocycles. The molecule has 0 aliphatic heterocycles. The summed E-state index contributed by atoms with van der Waals surface area (Å²) in [6.07, 6.45) is 0. The number of carbonyl (C=O) groups is 1. The Morgan fingerprint density at radius 3 is 2.07 bits per heavy atom. The Hall–Kier alpha value is -2.64. The average Bonchev–Trinajstić information content (AvgIpc) is 2.70. The maximum atomic E-state index is 12.8. The first kappa shape index (κ1) is 21.1. The van der Waals surface area contributed by atoms with E-state index in [0.29, 0.717) is 16.9 Å². The molecule has 0 atom stereocenters. The minimum atomic E-state index is -3.67. The highest BCUT2D eigenvalue weighted by Gasteiger charge is 2.21. The van der Waals surface area contributed by atoms with Crippen LogP contribution in [0.2, 0.25) is 0 Å². The molecular weight excluding hydrogens is 452 g/mol. The van der Waals surface area contributed by atoms with E-state index in [4.69, 9.17) is 0 Å². The van der Waals surface area contributed by atoms with Crippen LogP contribution in [0, 0.1) is 13.8 Å². The van der Waals surface area contributed by atoms with Crippen LogP contribution in [-0.2, 0) is 10.0 Å². The molecule has 3 aromatic rings. The van der Waals surface area contributed by atoms with E-state index in [9.17, 15) is 13.2 Å². The minimum Gasteiger partial charge on any atom is -0.321 e. The van der Waals surface area contributed by atoms with E-state index >= 15 is 0 Å². The first-order valence-electron chi connectivity index (χ1n) is 8.91. The Morgan fingerprint density at radius 2 is 1.48 bits per heavy atom. The molecule has 1 N–H and O–H groups in total. The molecule has 0 bridgehead atoms. The molecule has 0 saturated carbocycles. The smallest absolute Gasteiger partial charge is 0.264 e. The van der Waals surface area contributed by atoms with Gasteiger partial charge in [0.2, 0.25) is 0 Å². The molecule has 29 heavy (non-hydrogen) atoms. The number of benzene rings is 3. The summed E-state index contributed by atoms with van der Waals surface area (Å²) in [7, 11) is -2.18. The summed E-state index contributed by atoms with van der Waals surface area (Å²) in [6.45, 7) is 3.87. The van der Waals surface area contributed by atoms with Gasteiger partial charge in [0.1, 0.15) is 0 Å². The molecule has 150 valence electrons. The summed E-state index contributed by atoms with van der Waals surface area (Å²) >= 11 is 3.44. The Bertz CT molecular complexity index is 1140. The summed E-state index contributed by atoms with van der Waals surface area (Å²) in [5, 5.41) is 2.85. The Morgan fingerprint density at radius 1 is 0.897 bits per heavy atom. The first-order chi connectivity index (χ1) is 13.7. The summed E-state index contributed by atoms with van der Waals surface area (Å²) in [4.78, 5) is 12.7. The molecular formula is C22H21BrN2O3S. The molecule has 0 spiro atoms. The third-order valence-electron chi connectivity index (χ3n) is 4.55. The lowest BCUT2D eigenvalue weighted by atomic mass is 10.2. The summed E-state index contributed by atoms with van der Waals surface area (Å²) in [5.41, 5.74) is 3.64. The van der Waals surface area contributed by atoms with Crippen LogP contribution < -0.4 is 9.62 Å². The van der Waals surface area contributed by atoms with Crippen LogP contribution in [0.5, 0.6) is 0 Å². The quantitative estimate of drug-likeness (QED) is 0.558. The van der Waals surface area contributed by atoms with Crippen molar-refractivity contribution >= 4 is 43.2 Å². The molecule has 0 aliphatic rings. The van der Waals surface area contributed by atoms with Gasteiger partial charge < -0.3 is 5.32 Å². The number of rotatable bonds is 5. The highest BCUT2D eigenvalue weighted by Crippen LogP contribution is 2.25. The van der Waals surface area contributed by atoms with Crippen LogP contribution in [0.3, 0.4) is 0 Å². The number of carbonyl (C=O) groups excluding carboxylic acids is 1. The molecule has 0 fully saturated rings. The van der Waals surface area contributed by atoms with Gasteiger partial charge in [0, 0.05) is 17.1 Å². The third kappa shape index (κ3) is 4.68. The van der Waals surface area contributed by atoms with E-state index in [2.05, 4.69) is 21.2 Å². The fourth-order valence-electron chi connectivity index (χ4n) is 2.75. The number of hydrogen-bond acceptors (Lipinski definition) is 3. The molecule has 0 aliphatic carbocycles.